The van der Waals surface area contributed by atoms with Gasteiger partial charge in [0.1, 0.15) is 5.84 Å². The maximum Gasteiger partial charge on any atom is 0.335 e. The number of carboxylic acid groups (broad SMARTS) is 1. The number of benzene rings is 2. The maximum absolute atomic E-state index is 12.3. The van der Waals surface area contributed by atoms with Crippen LogP contribution in [0.15, 0.2) is 42.5 Å². The number of amidine groups is 1. The van der Waals surface area contributed by atoms with Gasteiger partial charge in [-0.1, -0.05) is 6.07 Å². The lowest BCUT2D eigenvalue weighted by Gasteiger charge is -2.19. The summed E-state index contributed by atoms with van der Waals surface area (Å²) in [6.07, 6.45) is 0.259. The van der Waals surface area contributed by atoms with E-state index < -0.39 is 18.0 Å². The molecule has 150 valence electrons. The molecular weight excluding hydrogens is 386 g/mol. The zero-order valence-corrected chi connectivity index (χ0v) is 16.0. The molecule has 2 aromatic rings. The molecule has 0 heterocycles. The molecule has 2 rings (SSSR count). The predicted octanol–water partition coefficient (Wildman–Crippen LogP) is 1.95. The van der Waals surface area contributed by atoms with Gasteiger partial charge in [-0.25, -0.2) is 9.59 Å². The number of halogens is 1. The number of nitrogen functional groups attached to an aromatic ring is 1. The van der Waals surface area contributed by atoms with Gasteiger partial charge in [-0.15, -0.1) is 12.4 Å². The molecule has 0 aromatic heterocycles. The lowest BCUT2D eigenvalue weighted by molar-refractivity contribution is -0.141. The second-order valence-corrected chi connectivity index (χ2v) is 5.83. The van der Waals surface area contributed by atoms with E-state index in [0.29, 0.717) is 22.4 Å². The molecular formula is C19H22ClN3O5. The molecule has 8 nitrogen and oxygen atoms in total. The number of rotatable bonds is 8. The predicted molar refractivity (Wildman–Crippen MR) is 107 cm³/mol. The number of hydrogen-bond acceptors (Lipinski definition) is 6. The summed E-state index contributed by atoms with van der Waals surface area (Å²) >= 11 is 0. The number of hydrogen-bond donors (Lipinski definition) is 5. The Labute approximate surface area is 168 Å². The van der Waals surface area contributed by atoms with E-state index in [-0.39, 0.29) is 36.8 Å². The molecule has 0 spiro atoms. The first-order valence-corrected chi connectivity index (χ1v) is 8.12. The van der Waals surface area contributed by atoms with Crippen LogP contribution in [0.2, 0.25) is 0 Å². The van der Waals surface area contributed by atoms with Crippen LogP contribution in [0.4, 0.5) is 5.69 Å². The van der Waals surface area contributed by atoms with Crippen molar-refractivity contribution >= 4 is 35.9 Å². The normalized spacial score (nSPS) is 11.1. The Bertz CT molecular complexity index is 855. The Morgan fingerprint density at radius 3 is 2.32 bits per heavy atom. The summed E-state index contributed by atoms with van der Waals surface area (Å²) < 4.78 is 4.85. The monoisotopic (exact) mass is 407 g/mol. The third-order valence-electron chi connectivity index (χ3n) is 3.94. The first kappa shape index (κ1) is 22.9. The van der Waals surface area contributed by atoms with Crippen molar-refractivity contribution < 1.29 is 24.5 Å². The molecule has 0 fully saturated rings. The van der Waals surface area contributed by atoms with Crippen LogP contribution < -0.4 is 11.1 Å². The summed E-state index contributed by atoms with van der Waals surface area (Å²) in [6, 6.07) is 10.1. The van der Waals surface area contributed by atoms with Gasteiger partial charge in [0, 0.05) is 17.9 Å². The van der Waals surface area contributed by atoms with Crippen molar-refractivity contribution in [3.8, 4) is 0 Å². The highest BCUT2D eigenvalue weighted by molar-refractivity contribution is 5.95. The molecule has 1 unspecified atom stereocenters. The van der Waals surface area contributed by atoms with Crippen LogP contribution in [0.3, 0.4) is 0 Å². The molecule has 2 aromatic carbocycles. The summed E-state index contributed by atoms with van der Waals surface area (Å²) in [6.45, 7) is -0.147. The highest BCUT2D eigenvalue weighted by Crippen LogP contribution is 2.24. The molecule has 28 heavy (non-hydrogen) atoms. The Balaban J connectivity index is 0.00000392. The van der Waals surface area contributed by atoms with Crippen molar-refractivity contribution in [1.29, 1.82) is 5.41 Å². The number of anilines is 1. The minimum atomic E-state index is -1.13. The lowest BCUT2D eigenvalue weighted by Crippen LogP contribution is -2.23. The van der Waals surface area contributed by atoms with E-state index in [9.17, 15) is 14.7 Å². The average Bonchev–Trinajstić information content (AvgIpc) is 2.65. The van der Waals surface area contributed by atoms with Gasteiger partial charge < -0.3 is 26.0 Å². The standard InChI is InChI=1S/C19H21N3O5.ClH/c1-27-19(26)16(22-15-4-2-12(3-5-15)17(20)21)13-8-11(6-7-23)9-14(10-13)18(24)25;/h2-5,8-10,16,22-23H,6-7H2,1H3,(H3,20,21)(H,24,25);1H. The van der Waals surface area contributed by atoms with Crippen molar-refractivity contribution in [2.75, 3.05) is 19.0 Å². The zero-order chi connectivity index (χ0) is 20.0. The number of carboxylic acids is 1. The van der Waals surface area contributed by atoms with Gasteiger partial charge in [0.05, 0.1) is 12.7 Å². The third-order valence-corrected chi connectivity index (χ3v) is 3.94. The number of nitrogens with two attached hydrogens (primary N) is 1. The SMILES string of the molecule is COC(=O)C(Nc1ccc(C(=N)N)cc1)c1cc(CCO)cc(C(=O)O)c1.Cl. The molecule has 0 aliphatic rings. The second kappa shape index (κ2) is 10.3. The van der Waals surface area contributed by atoms with Gasteiger partial charge >= 0.3 is 11.9 Å². The summed E-state index contributed by atoms with van der Waals surface area (Å²) in [4.78, 5) is 23.7. The Kier molecular flexibility index (Phi) is 8.43. The van der Waals surface area contributed by atoms with E-state index >= 15 is 0 Å². The van der Waals surface area contributed by atoms with Crippen molar-refractivity contribution in [2.24, 2.45) is 5.73 Å². The van der Waals surface area contributed by atoms with Crippen LogP contribution in [0.1, 0.15) is 33.1 Å². The van der Waals surface area contributed by atoms with Gasteiger partial charge in [-0.05, 0) is 53.9 Å². The quantitative estimate of drug-likeness (QED) is 0.255. The van der Waals surface area contributed by atoms with E-state index in [0.717, 1.165) is 0 Å². The van der Waals surface area contributed by atoms with Crippen LogP contribution in [0.25, 0.3) is 0 Å². The molecule has 6 N–H and O–H groups in total. The van der Waals surface area contributed by atoms with Crippen LogP contribution in [0.5, 0.6) is 0 Å². The molecule has 1 atom stereocenters. The molecule has 0 amide bonds. The number of esters is 1. The fraction of sp³-hybridized carbons (Fsp3) is 0.211. The Morgan fingerprint density at radius 2 is 1.82 bits per heavy atom. The topological polar surface area (TPSA) is 146 Å². The van der Waals surface area contributed by atoms with Gasteiger partial charge in [-0.2, -0.15) is 0 Å². The minimum absolute atomic E-state index is 0. The lowest BCUT2D eigenvalue weighted by atomic mass is 9.98. The Morgan fingerprint density at radius 1 is 1.18 bits per heavy atom. The second-order valence-electron chi connectivity index (χ2n) is 5.83. The molecule has 0 aliphatic carbocycles. The van der Waals surface area contributed by atoms with E-state index in [1.807, 2.05) is 0 Å². The summed E-state index contributed by atoms with van der Waals surface area (Å²) in [5.74, 6) is -1.80. The number of nitrogens with one attached hydrogen (secondary N) is 2. The number of aliphatic hydroxyl groups is 1. The molecule has 0 saturated carbocycles. The third kappa shape index (κ3) is 5.70. The van der Waals surface area contributed by atoms with Gasteiger partial charge in [0.15, 0.2) is 6.04 Å². The van der Waals surface area contributed by atoms with Crippen molar-refractivity contribution in [3.05, 3.63) is 64.7 Å². The van der Waals surface area contributed by atoms with E-state index in [1.54, 1.807) is 30.3 Å². The average molecular weight is 408 g/mol. The number of ether oxygens (including phenoxy) is 1. The fourth-order valence-corrected chi connectivity index (χ4v) is 2.59. The van der Waals surface area contributed by atoms with Crippen LogP contribution >= 0.6 is 12.4 Å². The summed E-state index contributed by atoms with van der Waals surface area (Å²) in [7, 11) is 1.24. The van der Waals surface area contributed by atoms with Crippen LogP contribution in [-0.4, -0.2) is 41.7 Å². The first-order valence-electron chi connectivity index (χ1n) is 8.12. The number of methoxy groups -OCH3 is 1. The Hall–Kier alpha value is -3.10. The molecule has 0 radical (unpaired) electrons. The highest BCUT2D eigenvalue weighted by Gasteiger charge is 2.23. The van der Waals surface area contributed by atoms with Gasteiger partial charge in [-0.3, -0.25) is 5.41 Å². The van der Waals surface area contributed by atoms with Crippen molar-refractivity contribution in [3.63, 3.8) is 0 Å². The minimum Gasteiger partial charge on any atom is -0.478 e. The summed E-state index contributed by atoms with van der Waals surface area (Å²) in [5.41, 5.74) is 7.54. The van der Waals surface area contributed by atoms with Crippen LogP contribution in [0, 0.1) is 5.41 Å². The number of carbonyl (C=O) groups is 2. The van der Waals surface area contributed by atoms with Crippen molar-refractivity contribution in [2.45, 2.75) is 12.5 Å². The largest absolute Gasteiger partial charge is 0.478 e. The number of carbonyl (C=O) groups excluding carboxylic acids is 1. The molecule has 9 heteroatoms. The van der Waals surface area contributed by atoms with E-state index in [1.165, 1.54) is 19.2 Å². The van der Waals surface area contributed by atoms with Crippen molar-refractivity contribution in [1.82, 2.24) is 0 Å². The smallest absolute Gasteiger partial charge is 0.335 e. The first-order chi connectivity index (χ1) is 12.8. The zero-order valence-electron chi connectivity index (χ0n) is 15.1. The van der Waals surface area contributed by atoms with Gasteiger partial charge in [0.2, 0.25) is 0 Å². The van der Waals surface area contributed by atoms with Crippen LogP contribution in [-0.2, 0) is 16.0 Å². The fourth-order valence-electron chi connectivity index (χ4n) is 2.59. The number of aliphatic hydroxyl groups excluding tert-OH is 1. The summed E-state index contributed by atoms with van der Waals surface area (Å²) in [5, 5.41) is 28.9. The van der Waals surface area contributed by atoms with Gasteiger partial charge in [0.25, 0.3) is 0 Å². The molecule has 0 saturated heterocycles. The molecule has 0 bridgehead atoms. The highest BCUT2D eigenvalue weighted by atomic mass is 35.5. The maximum atomic E-state index is 12.3. The van der Waals surface area contributed by atoms with E-state index in [4.69, 9.17) is 21.0 Å². The molecule has 0 aliphatic heterocycles. The van der Waals surface area contributed by atoms with E-state index in [2.05, 4.69) is 5.32 Å². The number of aromatic carboxylic acids is 1.